The number of carbonyl (C=O) groups is 2. The molecule has 2 heterocycles. The lowest BCUT2D eigenvalue weighted by Gasteiger charge is -2.00. The van der Waals surface area contributed by atoms with Gasteiger partial charge in [-0.3, -0.25) is 9.59 Å². The molecule has 130 valence electrons. The monoisotopic (exact) mass is 374 g/mol. The van der Waals surface area contributed by atoms with E-state index >= 15 is 0 Å². The van der Waals surface area contributed by atoms with E-state index < -0.39 is 0 Å². The standard InChI is InChI=1S/C18H18N2O3S2/c1-3-23-16(22)8-12-9-24-18(20-12)25-10-15(21)17-11(2)19-14-7-5-4-6-13(14)17/h4-7,9,19H,3,8,10H2,1-2H3. The smallest absolute Gasteiger partial charge is 0.311 e. The van der Waals surface area contributed by atoms with Crippen LogP contribution >= 0.6 is 23.1 Å². The van der Waals surface area contributed by atoms with Gasteiger partial charge in [0.25, 0.3) is 0 Å². The molecule has 0 aliphatic carbocycles. The number of Topliss-reactive ketones (excluding diaryl/α,β-unsaturated/α-hetero) is 1. The summed E-state index contributed by atoms with van der Waals surface area (Å²) in [5, 5.41) is 2.79. The molecule has 25 heavy (non-hydrogen) atoms. The zero-order chi connectivity index (χ0) is 17.8. The van der Waals surface area contributed by atoms with Crippen molar-refractivity contribution in [3.05, 3.63) is 46.6 Å². The number of hydrogen-bond acceptors (Lipinski definition) is 6. The van der Waals surface area contributed by atoms with Gasteiger partial charge in [0.2, 0.25) is 0 Å². The Balaban J connectivity index is 1.65. The summed E-state index contributed by atoms with van der Waals surface area (Å²) in [6.45, 7) is 4.06. The molecule has 0 saturated carbocycles. The number of fused-ring (bicyclic) bond motifs is 1. The molecule has 0 aliphatic rings. The zero-order valence-corrected chi connectivity index (χ0v) is 15.6. The molecule has 0 fully saturated rings. The molecule has 0 spiro atoms. The minimum absolute atomic E-state index is 0.0714. The van der Waals surface area contributed by atoms with Gasteiger partial charge in [-0.15, -0.1) is 11.3 Å². The zero-order valence-electron chi connectivity index (χ0n) is 14.0. The lowest BCUT2D eigenvalue weighted by Crippen LogP contribution is -2.07. The van der Waals surface area contributed by atoms with Gasteiger partial charge in [-0.05, 0) is 19.9 Å². The molecule has 0 unspecified atom stereocenters. The lowest BCUT2D eigenvalue weighted by atomic mass is 10.1. The summed E-state index contributed by atoms with van der Waals surface area (Å²) < 4.78 is 5.70. The summed E-state index contributed by atoms with van der Waals surface area (Å²) in [6.07, 6.45) is 0.167. The van der Waals surface area contributed by atoms with Gasteiger partial charge in [0, 0.05) is 27.5 Å². The van der Waals surface area contributed by atoms with Crippen molar-refractivity contribution in [2.24, 2.45) is 0 Å². The molecule has 0 bridgehead atoms. The number of aromatic nitrogens is 2. The molecular weight excluding hydrogens is 356 g/mol. The number of thioether (sulfide) groups is 1. The number of nitrogens with one attached hydrogen (secondary N) is 1. The molecule has 0 saturated heterocycles. The number of aromatic amines is 1. The number of H-pyrrole nitrogens is 1. The highest BCUT2D eigenvalue weighted by Gasteiger charge is 2.17. The van der Waals surface area contributed by atoms with E-state index in [1.54, 1.807) is 6.92 Å². The Labute approximate surface area is 153 Å². The van der Waals surface area contributed by atoms with E-state index in [-0.39, 0.29) is 18.2 Å². The van der Waals surface area contributed by atoms with Crippen LogP contribution in [0.25, 0.3) is 10.9 Å². The number of hydrogen-bond donors (Lipinski definition) is 1. The highest BCUT2D eigenvalue weighted by atomic mass is 32.2. The van der Waals surface area contributed by atoms with Gasteiger partial charge in [0.15, 0.2) is 10.1 Å². The number of carbonyl (C=O) groups excluding carboxylic acids is 2. The maximum absolute atomic E-state index is 12.6. The van der Waals surface area contributed by atoms with Crippen LogP contribution < -0.4 is 0 Å². The number of ether oxygens (including phenoxy) is 1. The Bertz CT molecular complexity index is 914. The largest absolute Gasteiger partial charge is 0.466 e. The first-order valence-electron chi connectivity index (χ1n) is 7.91. The number of benzene rings is 1. The molecule has 3 rings (SSSR count). The van der Waals surface area contributed by atoms with Crippen molar-refractivity contribution >= 4 is 45.8 Å². The maximum Gasteiger partial charge on any atom is 0.311 e. The van der Waals surface area contributed by atoms with Gasteiger partial charge in [0.1, 0.15) is 0 Å². The third-order valence-corrected chi connectivity index (χ3v) is 5.73. The average Bonchev–Trinajstić information content (AvgIpc) is 3.16. The topological polar surface area (TPSA) is 72.1 Å². The highest BCUT2D eigenvalue weighted by molar-refractivity contribution is 8.01. The molecule has 0 aliphatic heterocycles. The van der Waals surface area contributed by atoms with E-state index in [1.807, 2.05) is 36.6 Å². The molecule has 5 nitrogen and oxygen atoms in total. The first-order valence-corrected chi connectivity index (χ1v) is 9.78. The number of esters is 1. The van der Waals surface area contributed by atoms with Crippen LogP contribution in [0.15, 0.2) is 34.0 Å². The summed E-state index contributed by atoms with van der Waals surface area (Å²) in [5.74, 6) is 0.103. The van der Waals surface area contributed by atoms with E-state index in [0.29, 0.717) is 18.1 Å². The number of ketones is 1. The first-order chi connectivity index (χ1) is 12.1. The fourth-order valence-electron chi connectivity index (χ4n) is 2.63. The number of rotatable bonds is 7. The van der Waals surface area contributed by atoms with Crippen molar-refractivity contribution in [3.63, 3.8) is 0 Å². The Hall–Kier alpha value is -2.12. The van der Waals surface area contributed by atoms with Gasteiger partial charge in [-0.2, -0.15) is 0 Å². The summed E-state index contributed by atoms with van der Waals surface area (Å²) in [5.41, 5.74) is 3.28. The van der Waals surface area contributed by atoms with Gasteiger partial charge in [-0.1, -0.05) is 30.0 Å². The molecule has 0 atom stereocenters. The van der Waals surface area contributed by atoms with E-state index in [4.69, 9.17) is 4.74 Å². The van der Waals surface area contributed by atoms with Crippen molar-refractivity contribution < 1.29 is 14.3 Å². The molecule has 0 amide bonds. The van der Waals surface area contributed by atoms with Crippen LogP contribution in [0.1, 0.15) is 28.7 Å². The predicted octanol–water partition coefficient (Wildman–Crippen LogP) is 4.01. The van der Waals surface area contributed by atoms with E-state index in [9.17, 15) is 9.59 Å². The fourth-order valence-corrected chi connectivity index (χ4v) is 4.35. The van der Waals surface area contributed by atoms with Gasteiger partial charge in [0.05, 0.1) is 24.5 Å². The number of para-hydroxylation sites is 1. The van der Waals surface area contributed by atoms with Crippen molar-refractivity contribution in [2.45, 2.75) is 24.6 Å². The molecule has 2 aromatic heterocycles. The summed E-state index contributed by atoms with van der Waals surface area (Å²) in [4.78, 5) is 31.8. The van der Waals surface area contributed by atoms with Crippen LogP contribution in [0.2, 0.25) is 0 Å². The van der Waals surface area contributed by atoms with E-state index in [0.717, 1.165) is 26.5 Å². The van der Waals surface area contributed by atoms with Crippen LogP contribution in [-0.4, -0.2) is 34.1 Å². The highest BCUT2D eigenvalue weighted by Crippen LogP contribution is 2.27. The minimum Gasteiger partial charge on any atom is -0.466 e. The van der Waals surface area contributed by atoms with Crippen LogP contribution in [0, 0.1) is 6.92 Å². The van der Waals surface area contributed by atoms with Crippen molar-refractivity contribution in [2.75, 3.05) is 12.4 Å². The van der Waals surface area contributed by atoms with Crippen molar-refractivity contribution in [1.29, 1.82) is 0 Å². The first kappa shape index (κ1) is 17.7. The van der Waals surface area contributed by atoms with Gasteiger partial charge >= 0.3 is 5.97 Å². The number of nitrogens with zero attached hydrogens (tertiary/aromatic N) is 1. The molecule has 0 radical (unpaired) electrons. The second kappa shape index (κ2) is 7.84. The quantitative estimate of drug-likeness (QED) is 0.384. The SMILES string of the molecule is CCOC(=O)Cc1csc(SCC(=O)c2c(C)[nH]c3ccccc23)n1. The Morgan fingerprint density at radius 3 is 2.92 bits per heavy atom. The third kappa shape index (κ3) is 4.11. The van der Waals surface area contributed by atoms with Crippen LogP contribution in [-0.2, 0) is 16.0 Å². The van der Waals surface area contributed by atoms with Gasteiger partial charge in [-0.25, -0.2) is 4.98 Å². The third-order valence-electron chi connectivity index (χ3n) is 3.66. The Morgan fingerprint density at radius 2 is 2.12 bits per heavy atom. The molecule has 1 N–H and O–H groups in total. The predicted molar refractivity (Wildman–Crippen MR) is 101 cm³/mol. The number of thiazole rings is 1. The molecule has 1 aromatic carbocycles. The second-order valence-electron chi connectivity index (χ2n) is 5.47. The van der Waals surface area contributed by atoms with Crippen molar-refractivity contribution in [3.8, 4) is 0 Å². The maximum atomic E-state index is 12.6. The lowest BCUT2D eigenvalue weighted by molar-refractivity contribution is -0.142. The Kier molecular flexibility index (Phi) is 5.55. The van der Waals surface area contributed by atoms with E-state index in [2.05, 4.69) is 9.97 Å². The summed E-state index contributed by atoms with van der Waals surface area (Å²) in [7, 11) is 0. The van der Waals surface area contributed by atoms with Crippen LogP contribution in [0.4, 0.5) is 0 Å². The minimum atomic E-state index is -0.283. The van der Waals surface area contributed by atoms with E-state index in [1.165, 1.54) is 23.1 Å². The summed E-state index contributed by atoms with van der Waals surface area (Å²) in [6, 6.07) is 7.80. The van der Waals surface area contributed by atoms with Gasteiger partial charge < -0.3 is 9.72 Å². The van der Waals surface area contributed by atoms with Crippen LogP contribution in [0.3, 0.4) is 0 Å². The summed E-state index contributed by atoms with van der Waals surface area (Å²) >= 11 is 2.84. The Morgan fingerprint density at radius 1 is 1.32 bits per heavy atom. The molecule has 7 heteroatoms. The molecular formula is C18H18N2O3S2. The second-order valence-corrected chi connectivity index (χ2v) is 7.55. The molecule has 3 aromatic rings. The fraction of sp³-hybridized carbons (Fsp3) is 0.278. The average molecular weight is 374 g/mol. The van der Waals surface area contributed by atoms with Crippen molar-refractivity contribution in [1.82, 2.24) is 9.97 Å². The number of aryl methyl sites for hydroxylation is 1. The normalized spacial score (nSPS) is 11.0. The van der Waals surface area contributed by atoms with Crippen LogP contribution in [0.5, 0.6) is 0 Å².